The van der Waals surface area contributed by atoms with Crippen molar-refractivity contribution in [1.29, 1.82) is 5.26 Å². The molecule has 0 saturated heterocycles. The molecule has 1 amide bonds. The van der Waals surface area contributed by atoms with Crippen LogP contribution in [0.2, 0.25) is 0 Å². The molecule has 188 valence electrons. The van der Waals surface area contributed by atoms with Gasteiger partial charge >= 0.3 is 5.97 Å². The minimum absolute atomic E-state index is 0.0414. The molecule has 3 atom stereocenters. The molecule has 2 aromatic rings. The third-order valence-corrected chi connectivity index (χ3v) is 7.89. The number of carboxylic acids is 1. The highest BCUT2D eigenvalue weighted by molar-refractivity contribution is 5.97. The Hall–Kier alpha value is -3.41. The number of fused-ring (bicyclic) bond motifs is 2. The van der Waals surface area contributed by atoms with Crippen LogP contribution in [0.3, 0.4) is 0 Å². The van der Waals surface area contributed by atoms with E-state index < -0.39 is 12.2 Å². The van der Waals surface area contributed by atoms with E-state index in [0.29, 0.717) is 43.2 Å². The number of aryl methyl sites for hydroxylation is 1. The maximum atomic E-state index is 13.4. The molecule has 3 aliphatic rings. The molecule has 5 rings (SSSR count). The fourth-order valence-electron chi connectivity index (χ4n) is 5.46. The number of aliphatic hydroxyl groups excluding tert-OH is 1. The lowest BCUT2D eigenvalue weighted by molar-refractivity contribution is -0.137. The molecule has 4 N–H and O–H groups in total. The molecule has 8 heteroatoms. The number of carbonyl (C=O) groups excluding carboxylic acids is 1. The van der Waals surface area contributed by atoms with Crippen molar-refractivity contribution < 1.29 is 24.5 Å². The van der Waals surface area contributed by atoms with Gasteiger partial charge in [-0.3, -0.25) is 14.9 Å². The highest BCUT2D eigenvalue weighted by Crippen LogP contribution is 2.61. The number of rotatable bonds is 9. The molecular weight excluding hydrogens is 458 g/mol. The first kappa shape index (κ1) is 24.3. The van der Waals surface area contributed by atoms with E-state index >= 15 is 0 Å². The van der Waals surface area contributed by atoms with Crippen molar-refractivity contribution in [1.82, 2.24) is 5.32 Å². The smallest absolute Gasteiger partial charge is 0.303 e. The number of carboxylic acid groups (broad SMARTS) is 1. The molecule has 2 fully saturated rings. The summed E-state index contributed by atoms with van der Waals surface area (Å²) >= 11 is 0. The standard InChI is InChI=1S/C28H31N3O5/c29-16-17-7-8-18(3-1-6-25(32)33)23(13-17)31-27(35)22-15-28(22)11-12-36-24-10-9-19(14-21(24)28)26(34)30-20-4-2-5-20/h7-10,13-14,20,22,26,30,34H,1-6,11-12,15H2,(H,31,35)(H,32,33)/t22-,26?,28-/m0/s1. The fraction of sp³-hybridized carbons (Fsp3) is 0.464. The van der Waals surface area contributed by atoms with Crippen LogP contribution in [0.25, 0.3) is 0 Å². The normalized spacial score (nSPS) is 23.1. The van der Waals surface area contributed by atoms with Crippen LogP contribution in [0.15, 0.2) is 36.4 Å². The summed E-state index contributed by atoms with van der Waals surface area (Å²) in [5.41, 5.74) is 3.23. The van der Waals surface area contributed by atoms with Crippen LogP contribution in [0.5, 0.6) is 5.75 Å². The van der Waals surface area contributed by atoms with Gasteiger partial charge in [0.25, 0.3) is 0 Å². The van der Waals surface area contributed by atoms with Gasteiger partial charge in [0.05, 0.1) is 18.2 Å². The number of anilines is 1. The van der Waals surface area contributed by atoms with Gasteiger partial charge in [-0.2, -0.15) is 5.26 Å². The Morgan fingerprint density at radius 1 is 1.22 bits per heavy atom. The summed E-state index contributed by atoms with van der Waals surface area (Å²) in [7, 11) is 0. The van der Waals surface area contributed by atoms with E-state index in [9.17, 15) is 20.0 Å². The maximum absolute atomic E-state index is 13.4. The summed E-state index contributed by atoms with van der Waals surface area (Å²) in [5.74, 6) is -0.461. The highest BCUT2D eigenvalue weighted by atomic mass is 16.5. The lowest BCUT2D eigenvalue weighted by Gasteiger charge is -2.31. The molecule has 2 aromatic carbocycles. The minimum atomic E-state index is -0.861. The monoisotopic (exact) mass is 489 g/mol. The van der Waals surface area contributed by atoms with E-state index in [4.69, 9.17) is 9.84 Å². The second-order valence-corrected chi connectivity index (χ2v) is 10.2. The summed E-state index contributed by atoms with van der Waals surface area (Å²) in [6, 6.07) is 13.3. The summed E-state index contributed by atoms with van der Waals surface area (Å²) in [6.07, 6.45) is 4.96. The van der Waals surface area contributed by atoms with Gasteiger partial charge in [0, 0.05) is 35.0 Å². The number of hydrogen-bond acceptors (Lipinski definition) is 6. The number of carbonyl (C=O) groups is 2. The summed E-state index contributed by atoms with van der Waals surface area (Å²) in [6.45, 7) is 0.531. The summed E-state index contributed by atoms with van der Waals surface area (Å²) < 4.78 is 5.89. The van der Waals surface area contributed by atoms with E-state index in [0.717, 1.165) is 41.7 Å². The number of benzene rings is 2. The molecule has 1 unspecified atom stereocenters. The predicted octanol–water partition coefficient (Wildman–Crippen LogP) is 3.78. The number of nitrogens with one attached hydrogen (secondary N) is 2. The zero-order valence-electron chi connectivity index (χ0n) is 20.1. The Morgan fingerprint density at radius 2 is 2.06 bits per heavy atom. The second kappa shape index (κ2) is 9.92. The van der Waals surface area contributed by atoms with Crippen LogP contribution in [-0.2, 0) is 21.4 Å². The van der Waals surface area contributed by atoms with Crippen LogP contribution in [0, 0.1) is 17.2 Å². The van der Waals surface area contributed by atoms with Crippen molar-refractivity contribution in [2.75, 3.05) is 11.9 Å². The summed E-state index contributed by atoms with van der Waals surface area (Å²) in [5, 5.41) is 35.3. The van der Waals surface area contributed by atoms with E-state index in [2.05, 4.69) is 16.7 Å². The second-order valence-electron chi connectivity index (χ2n) is 10.2. The third kappa shape index (κ3) is 4.81. The number of aliphatic carboxylic acids is 1. The molecule has 1 heterocycles. The highest BCUT2D eigenvalue weighted by Gasteiger charge is 2.61. The molecule has 0 aromatic heterocycles. The Morgan fingerprint density at radius 3 is 2.78 bits per heavy atom. The lowest BCUT2D eigenvalue weighted by atomic mass is 9.85. The SMILES string of the molecule is N#Cc1ccc(CCCC(=O)O)c(NC(=O)[C@@H]2C[C@]23CCOc2ccc(C(O)NC4CCC4)cc23)c1. The minimum Gasteiger partial charge on any atom is -0.493 e. The van der Waals surface area contributed by atoms with Crippen molar-refractivity contribution in [3.63, 3.8) is 0 Å². The molecule has 36 heavy (non-hydrogen) atoms. The molecule has 1 spiro atoms. The van der Waals surface area contributed by atoms with Crippen LogP contribution in [-0.4, -0.2) is 34.7 Å². The number of nitrogens with zero attached hydrogens (tertiary/aromatic N) is 1. The topological polar surface area (TPSA) is 132 Å². The Kier molecular flexibility index (Phi) is 6.69. The van der Waals surface area contributed by atoms with Crippen molar-refractivity contribution in [3.8, 4) is 11.8 Å². The summed E-state index contributed by atoms with van der Waals surface area (Å²) in [4.78, 5) is 24.3. The van der Waals surface area contributed by atoms with E-state index in [1.54, 1.807) is 18.2 Å². The van der Waals surface area contributed by atoms with Gasteiger partial charge in [-0.05, 0) is 73.9 Å². The van der Waals surface area contributed by atoms with Crippen molar-refractivity contribution in [2.45, 2.75) is 69.1 Å². The van der Waals surface area contributed by atoms with Crippen molar-refractivity contribution in [2.24, 2.45) is 5.92 Å². The first-order valence-electron chi connectivity index (χ1n) is 12.7. The molecule has 8 nitrogen and oxygen atoms in total. The third-order valence-electron chi connectivity index (χ3n) is 7.89. The number of ether oxygens (including phenoxy) is 1. The van der Waals surface area contributed by atoms with Crippen LogP contribution >= 0.6 is 0 Å². The van der Waals surface area contributed by atoms with E-state index in [-0.39, 0.29) is 23.7 Å². The fourth-order valence-corrected chi connectivity index (χ4v) is 5.46. The number of hydrogen-bond donors (Lipinski definition) is 4. The molecule has 0 radical (unpaired) electrons. The van der Waals surface area contributed by atoms with E-state index in [1.807, 2.05) is 18.2 Å². The molecule has 1 aliphatic heterocycles. The van der Waals surface area contributed by atoms with Gasteiger partial charge in [0.2, 0.25) is 5.91 Å². The van der Waals surface area contributed by atoms with Crippen molar-refractivity contribution in [3.05, 3.63) is 58.7 Å². The van der Waals surface area contributed by atoms with Gasteiger partial charge in [-0.15, -0.1) is 0 Å². The van der Waals surface area contributed by atoms with Crippen LogP contribution < -0.4 is 15.4 Å². The van der Waals surface area contributed by atoms with Crippen LogP contribution in [0.4, 0.5) is 5.69 Å². The van der Waals surface area contributed by atoms with Gasteiger partial charge < -0.3 is 20.3 Å². The number of amides is 1. The zero-order valence-corrected chi connectivity index (χ0v) is 20.1. The van der Waals surface area contributed by atoms with Gasteiger partial charge in [0.15, 0.2) is 0 Å². The van der Waals surface area contributed by atoms with E-state index in [1.165, 1.54) is 6.42 Å². The first-order valence-corrected chi connectivity index (χ1v) is 12.7. The lowest BCUT2D eigenvalue weighted by Crippen LogP contribution is -2.38. The first-order chi connectivity index (χ1) is 17.4. The predicted molar refractivity (Wildman–Crippen MR) is 132 cm³/mol. The maximum Gasteiger partial charge on any atom is 0.303 e. The average Bonchev–Trinajstić information content (AvgIpc) is 3.56. The molecule has 2 aliphatic carbocycles. The van der Waals surface area contributed by atoms with Crippen molar-refractivity contribution >= 4 is 17.6 Å². The molecule has 2 saturated carbocycles. The number of aliphatic hydroxyl groups is 1. The van der Waals surface area contributed by atoms with Crippen LogP contribution in [0.1, 0.15) is 73.4 Å². The Balaban J connectivity index is 1.33. The molecule has 0 bridgehead atoms. The molecular formula is C28H31N3O5. The number of nitriles is 1. The van der Waals surface area contributed by atoms with Gasteiger partial charge in [-0.1, -0.05) is 18.6 Å². The average molecular weight is 490 g/mol. The quantitative estimate of drug-likeness (QED) is 0.394. The van der Waals surface area contributed by atoms with Gasteiger partial charge in [0.1, 0.15) is 12.0 Å². The zero-order chi connectivity index (χ0) is 25.3. The Labute approximate surface area is 210 Å². The Bertz CT molecular complexity index is 1220. The largest absolute Gasteiger partial charge is 0.493 e. The van der Waals surface area contributed by atoms with Gasteiger partial charge in [-0.25, -0.2) is 0 Å².